The number of ketones is 1. The number of hydrogen-bond donors (Lipinski definition) is 0. The van der Waals surface area contributed by atoms with Crippen molar-refractivity contribution in [2.45, 2.75) is 31.1 Å². The second kappa shape index (κ2) is 5.20. The van der Waals surface area contributed by atoms with Crippen molar-refractivity contribution < 1.29 is 4.79 Å². The van der Waals surface area contributed by atoms with E-state index in [1.807, 2.05) is 0 Å². The Bertz CT molecular complexity index is 773. The molecule has 2 bridgehead atoms. The van der Waals surface area contributed by atoms with Crippen LogP contribution < -0.4 is 0 Å². The standard InChI is InChI=1S/C20H17BrO/c1-12(22)17-10-20-16-5-3-2-4-15(16)19(17)11-18(20)13-6-8-14(21)9-7-13/h2-10,18-20H,11H2,1H3. The third kappa shape index (κ3) is 2.09. The normalized spacial score (nSPS) is 25.5. The first-order chi connectivity index (χ1) is 10.6. The molecular formula is C20H17BrO. The van der Waals surface area contributed by atoms with Crippen LogP contribution in [-0.2, 0) is 4.79 Å². The number of allylic oxidation sites excluding steroid dienone is 2. The van der Waals surface area contributed by atoms with Gasteiger partial charge in [-0.1, -0.05) is 58.4 Å². The minimum atomic E-state index is 0.221. The summed E-state index contributed by atoms with van der Waals surface area (Å²) >= 11 is 3.51. The summed E-state index contributed by atoms with van der Waals surface area (Å²) in [6.07, 6.45) is 3.26. The molecule has 0 heterocycles. The van der Waals surface area contributed by atoms with Gasteiger partial charge in [-0.15, -0.1) is 0 Å². The highest BCUT2D eigenvalue weighted by Crippen LogP contribution is 2.55. The molecule has 0 spiro atoms. The predicted octanol–water partition coefficient (Wildman–Crippen LogP) is 5.33. The highest BCUT2D eigenvalue weighted by atomic mass is 79.9. The lowest BCUT2D eigenvalue weighted by atomic mass is 9.60. The average molecular weight is 353 g/mol. The molecule has 0 N–H and O–H groups in total. The van der Waals surface area contributed by atoms with Crippen LogP contribution in [0.5, 0.6) is 0 Å². The molecule has 110 valence electrons. The number of halogens is 1. The second-order valence-electron chi connectivity index (χ2n) is 6.28. The molecule has 0 aromatic heterocycles. The zero-order valence-corrected chi connectivity index (χ0v) is 14.0. The zero-order chi connectivity index (χ0) is 15.3. The van der Waals surface area contributed by atoms with E-state index >= 15 is 0 Å². The molecule has 3 aliphatic carbocycles. The summed E-state index contributed by atoms with van der Waals surface area (Å²) in [7, 11) is 0. The van der Waals surface area contributed by atoms with E-state index in [1.165, 1.54) is 16.7 Å². The molecule has 1 nitrogen and oxygen atoms in total. The Hall–Kier alpha value is -1.67. The summed E-state index contributed by atoms with van der Waals surface area (Å²) in [6.45, 7) is 1.70. The van der Waals surface area contributed by atoms with Crippen LogP contribution in [0.3, 0.4) is 0 Å². The van der Waals surface area contributed by atoms with Crippen LogP contribution in [0.15, 0.2) is 64.7 Å². The van der Waals surface area contributed by atoms with E-state index in [-0.39, 0.29) is 11.7 Å². The number of fused-ring (bicyclic) bond motifs is 1. The summed E-state index contributed by atoms with van der Waals surface area (Å²) in [4.78, 5) is 12.0. The first-order valence-corrected chi connectivity index (χ1v) is 8.51. The third-order valence-electron chi connectivity index (χ3n) is 5.09. The maximum Gasteiger partial charge on any atom is 0.156 e. The smallest absolute Gasteiger partial charge is 0.156 e. The maximum absolute atomic E-state index is 12.0. The number of Topliss-reactive ketones (excluding diaryl/α,β-unsaturated/α-hetero) is 1. The quantitative estimate of drug-likeness (QED) is 0.713. The number of rotatable bonds is 2. The van der Waals surface area contributed by atoms with Gasteiger partial charge < -0.3 is 0 Å². The molecule has 3 unspecified atom stereocenters. The number of benzene rings is 2. The molecule has 0 saturated heterocycles. The van der Waals surface area contributed by atoms with Crippen LogP contribution in [-0.4, -0.2) is 5.78 Å². The van der Waals surface area contributed by atoms with Gasteiger partial charge in [0.15, 0.2) is 5.78 Å². The summed E-state index contributed by atoms with van der Waals surface area (Å²) < 4.78 is 1.11. The van der Waals surface area contributed by atoms with Crippen LogP contribution >= 0.6 is 15.9 Å². The van der Waals surface area contributed by atoms with Gasteiger partial charge in [-0.3, -0.25) is 4.79 Å². The number of carbonyl (C=O) groups excluding carboxylic acids is 1. The van der Waals surface area contributed by atoms with Gasteiger partial charge in [0.05, 0.1) is 0 Å². The Morgan fingerprint density at radius 2 is 1.73 bits per heavy atom. The molecule has 0 saturated carbocycles. The van der Waals surface area contributed by atoms with Crippen molar-refractivity contribution in [3.05, 3.63) is 81.3 Å². The fourth-order valence-electron chi connectivity index (χ4n) is 4.10. The van der Waals surface area contributed by atoms with Gasteiger partial charge in [-0.05, 0) is 53.7 Å². The molecule has 3 aliphatic rings. The Balaban J connectivity index is 1.83. The first-order valence-electron chi connectivity index (χ1n) is 7.72. The van der Waals surface area contributed by atoms with Crippen LogP contribution in [0.25, 0.3) is 0 Å². The molecule has 0 amide bonds. The van der Waals surface area contributed by atoms with Gasteiger partial charge in [0.25, 0.3) is 0 Å². The summed E-state index contributed by atoms with van der Waals surface area (Å²) in [5.41, 5.74) is 5.13. The van der Waals surface area contributed by atoms with Crippen molar-refractivity contribution >= 4 is 21.7 Å². The van der Waals surface area contributed by atoms with Crippen LogP contribution in [0.1, 0.15) is 47.8 Å². The lowest BCUT2D eigenvalue weighted by Gasteiger charge is -2.43. The predicted molar refractivity (Wildman–Crippen MR) is 92.2 cm³/mol. The molecule has 0 aliphatic heterocycles. The Labute approximate surface area is 139 Å². The molecule has 2 aromatic carbocycles. The minimum absolute atomic E-state index is 0.221. The largest absolute Gasteiger partial charge is 0.295 e. The average Bonchev–Trinajstić information content (AvgIpc) is 2.55. The summed E-state index contributed by atoms with van der Waals surface area (Å²) in [6, 6.07) is 17.3. The molecular weight excluding hydrogens is 336 g/mol. The zero-order valence-electron chi connectivity index (χ0n) is 12.4. The van der Waals surface area contributed by atoms with Crippen LogP contribution in [0, 0.1) is 0 Å². The molecule has 2 aromatic rings. The van der Waals surface area contributed by atoms with E-state index in [0.29, 0.717) is 11.8 Å². The van der Waals surface area contributed by atoms with Gasteiger partial charge in [0.2, 0.25) is 0 Å². The lowest BCUT2D eigenvalue weighted by Crippen LogP contribution is -2.29. The van der Waals surface area contributed by atoms with Gasteiger partial charge >= 0.3 is 0 Å². The van der Waals surface area contributed by atoms with Crippen LogP contribution in [0.4, 0.5) is 0 Å². The Morgan fingerprint density at radius 1 is 1.05 bits per heavy atom. The molecule has 2 heteroatoms. The number of hydrogen-bond acceptors (Lipinski definition) is 1. The van der Waals surface area contributed by atoms with E-state index in [2.05, 4.69) is 70.5 Å². The van der Waals surface area contributed by atoms with Crippen molar-refractivity contribution in [3.8, 4) is 0 Å². The van der Waals surface area contributed by atoms with Gasteiger partial charge in [-0.25, -0.2) is 0 Å². The SMILES string of the molecule is CC(=O)C1=CC2c3ccccc3C1CC2c1ccc(Br)cc1. The monoisotopic (exact) mass is 352 g/mol. The molecule has 22 heavy (non-hydrogen) atoms. The fraction of sp³-hybridized carbons (Fsp3) is 0.250. The lowest BCUT2D eigenvalue weighted by molar-refractivity contribution is -0.114. The molecule has 0 radical (unpaired) electrons. The van der Waals surface area contributed by atoms with Crippen molar-refractivity contribution in [3.63, 3.8) is 0 Å². The summed E-state index contributed by atoms with van der Waals surface area (Å²) in [5, 5.41) is 0. The topological polar surface area (TPSA) is 17.1 Å². The Kier molecular flexibility index (Phi) is 3.30. The van der Waals surface area contributed by atoms with E-state index in [0.717, 1.165) is 16.5 Å². The number of carbonyl (C=O) groups is 1. The second-order valence-corrected chi connectivity index (χ2v) is 7.19. The van der Waals surface area contributed by atoms with Crippen molar-refractivity contribution in [2.24, 2.45) is 0 Å². The minimum Gasteiger partial charge on any atom is -0.295 e. The van der Waals surface area contributed by atoms with Gasteiger partial charge in [0, 0.05) is 16.3 Å². The highest BCUT2D eigenvalue weighted by molar-refractivity contribution is 9.10. The molecule has 3 atom stereocenters. The fourth-order valence-corrected chi connectivity index (χ4v) is 4.37. The molecule has 5 rings (SSSR count). The maximum atomic E-state index is 12.0. The molecule has 0 fully saturated rings. The van der Waals surface area contributed by atoms with Crippen molar-refractivity contribution in [1.82, 2.24) is 0 Å². The van der Waals surface area contributed by atoms with Gasteiger partial charge in [0.1, 0.15) is 0 Å². The van der Waals surface area contributed by atoms with Crippen molar-refractivity contribution in [2.75, 3.05) is 0 Å². The van der Waals surface area contributed by atoms with E-state index in [4.69, 9.17) is 0 Å². The first kappa shape index (κ1) is 14.0. The van der Waals surface area contributed by atoms with Crippen LogP contribution in [0.2, 0.25) is 0 Å². The third-order valence-corrected chi connectivity index (χ3v) is 5.62. The van der Waals surface area contributed by atoms with E-state index in [9.17, 15) is 4.79 Å². The van der Waals surface area contributed by atoms with Gasteiger partial charge in [-0.2, -0.15) is 0 Å². The van der Waals surface area contributed by atoms with E-state index < -0.39 is 0 Å². The van der Waals surface area contributed by atoms with E-state index in [1.54, 1.807) is 6.92 Å². The summed E-state index contributed by atoms with van der Waals surface area (Å²) in [5.74, 6) is 1.27. The van der Waals surface area contributed by atoms with Crippen molar-refractivity contribution in [1.29, 1.82) is 0 Å². The Morgan fingerprint density at radius 3 is 2.41 bits per heavy atom. The highest BCUT2D eigenvalue weighted by Gasteiger charge is 2.41.